The largest absolute Gasteiger partial charge is 0.391 e. The lowest BCUT2D eigenvalue weighted by molar-refractivity contribution is -0.136. The molecule has 1 aliphatic rings. The zero-order chi connectivity index (χ0) is 10.7. The molecule has 1 heterocycles. The van der Waals surface area contributed by atoms with Gasteiger partial charge in [-0.2, -0.15) is 0 Å². The highest BCUT2D eigenvalue weighted by Gasteiger charge is 2.26. The van der Waals surface area contributed by atoms with Crippen LogP contribution in [-0.4, -0.2) is 60.6 Å². The van der Waals surface area contributed by atoms with Crippen molar-refractivity contribution < 1.29 is 9.90 Å². The fraction of sp³-hybridized carbons (Fsp3) is 0.900. The van der Waals surface area contributed by atoms with E-state index in [9.17, 15) is 9.90 Å². The maximum Gasteiger partial charge on any atom is 0.236 e. The number of aliphatic hydroxyl groups is 1. The van der Waals surface area contributed by atoms with Crippen molar-refractivity contribution in [3.63, 3.8) is 0 Å². The molecule has 0 saturated carbocycles. The van der Waals surface area contributed by atoms with Crippen molar-refractivity contribution in [2.45, 2.75) is 19.4 Å². The third-order valence-electron chi connectivity index (χ3n) is 2.72. The van der Waals surface area contributed by atoms with Crippen molar-refractivity contribution in [1.29, 1.82) is 0 Å². The third kappa shape index (κ3) is 2.96. The van der Waals surface area contributed by atoms with E-state index in [0.29, 0.717) is 19.0 Å². The van der Waals surface area contributed by atoms with E-state index in [-0.39, 0.29) is 12.0 Å². The van der Waals surface area contributed by atoms with Crippen LogP contribution in [0.2, 0.25) is 0 Å². The van der Waals surface area contributed by atoms with Gasteiger partial charge in [-0.05, 0) is 26.4 Å². The van der Waals surface area contributed by atoms with E-state index in [0.717, 1.165) is 13.0 Å². The first kappa shape index (κ1) is 11.5. The number of hydrogen-bond donors (Lipinski definition) is 1. The number of piperidine rings is 1. The van der Waals surface area contributed by atoms with Gasteiger partial charge >= 0.3 is 0 Å². The predicted octanol–water partition coefficient (Wildman–Crippen LogP) is -0.223. The Hall–Kier alpha value is -0.610. The van der Waals surface area contributed by atoms with Crippen LogP contribution < -0.4 is 0 Å². The Morgan fingerprint density at radius 1 is 1.57 bits per heavy atom. The summed E-state index contributed by atoms with van der Waals surface area (Å²) in [6.07, 6.45) is 0.551. The molecule has 1 saturated heterocycles. The average molecular weight is 200 g/mol. The quantitative estimate of drug-likeness (QED) is 0.670. The summed E-state index contributed by atoms with van der Waals surface area (Å²) < 4.78 is 0. The molecule has 1 aliphatic heterocycles. The molecule has 0 spiro atoms. The molecule has 1 amide bonds. The molecule has 4 nitrogen and oxygen atoms in total. The lowest BCUT2D eigenvalue weighted by atomic mass is 9.96. The van der Waals surface area contributed by atoms with Gasteiger partial charge in [0.15, 0.2) is 0 Å². The standard InChI is InChI=1S/C10H20N2O2/c1-8-4-5-12(6-9(8)13)10(14)7-11(2)3/h8-9,13H,4-7H2,1-3H3. The zero-order valence-electron chi connectivity index (χ0n) is 9.23. The second-order valence-corrected chi connectivity index (χ2v) is 4.41. The van der Waals surface area contributed by atoms with Gasteiger partial charge in [-0.1, -0.05) is 6.92 Å². The van der Waals surface area contributed by atoms with Crippen LogP contribution in [0, 0.1) is 5.92 Å². The molecular formula is C10H20N2O2. The van der Waals surface area contributed by atoms with Gasteiger partial charge in [-0.15, -0.1) is 0 Å². The minimum Gasteiger partial charge on any atom is -0.391 e. The van der Waals surface area contributed by atoms with E-state index >= 15 is 0 Å². The van der Waals surface area contributed by atoms with Crippen LogP contribution in [0.1, 0.15) is 13.3 Å². The van der Waals surface area contributed by atoms with E-state index in [1.807, 2.05) is 25.9 Å². The third-order valence-corrected chi connectivity index (χ3v) is 2.72. The summed E-state index contributed by atoms with van der Waals surface area (Å²) in [7, 11) is 3.75. The van der Waals surface area contributed by atoms with Gasteiger partial charge < -0.3 is 14.9 Å². The Kier molecular flexibility index (Phi) is 3.89. The van der Waals surface area contributed by atoms with Crippen molar-refractivity contribution in [3.8, 4) is 0 Å². The van der Waals surface area contributed by atoms with Crippen LogP contribution >= 0.6 is 0 Å². The highest BCUT2D eigenvalue weighted by atomic mass is 16.3. The molecule has 1 fully saturated rings. The topological polar surface area (TPSA) is 43.8 Å². The maximum atomic E-state index is 11.6. The van der Waals surface area contributed by atoms with Crippen LogP contribution in [0.3, 0.4) is 0 Å². The molecule has 4 heteroatoms. The Balaban J connectivity index is 2.42. The van der Waals surface area contributed by atoms with E-state index < -0.39 is 0 Å². The summed E-state index contributed by atoms with van der Waals surface area (Å²) in [5, 5.41) is 9.62. The number of hydrogen-bond acceptors (Lipinski definition) is 3. The number of amides is 1. The fourth-order valence-corrected chi connectivity index (χ4v) is 1.65. The molecule has 0 aromatic heterocycles. The molecule has 2 atom stereocenters. The van der Waals surface area contributed by atoms with Gasteiger partial charge in [0, 0.05) is 13.1 Å². The van der Waals surface area contributed by atoms with Gasteiger partial charge in [0.05, 0.1) is 12.6 Å². The Morgan fingerprint density at radius 3 is 2.71 bits per heavy atom. The highest BCUT2D eigenvalue weighted by Crippen LogP contribution is 2.16. The minimum atomic E-state index is -0.352. The summed E-state index contributed by atoms with van der Waals surface area (Å²) in [6, 6.07) is 0. The Labute approximate surface area is 85.5 Å². The molecule has 0 aliphatic carbocycles. The average Bonchev–Trinajstić information content (AvgIpc) is 2.08. The Bertz CT molecular complexity index is 206. The van der Waals surface area contributed by atoms with E-state index in [1.54, 1.807) is 4.90 Å². The molecule has 82 valence electrons. The highest BCUT2D eigenvalue weighted by molar-refractivity contribution is 5.78. The summed E-state index contributed by atoms with van der Waals surface area (Å²) in [5.41, 5.74) is 0. The minimum absolute atomic E-state index is 0.112. The first-order valence-electron chi connectivity index (χ1n) is 5.11. The summed E-state index contributed by atoms with van der Waals surface area (Å²) >= 11 is 0. The van der Waals surface area contributed by atoms with Crippen molar-refractivity contribution in [3.05, 3.63) is 0 Å². The van der Waals surface area contributed by atoms with Crippen LogP contribution in [0.4, 0.5) is 0 Å². The number of carbonyl (C=O) groups is 1. The van der Waals surface area contributed by atoms with Crippen molar-refractivity contribution in [2.24, 2.45) is 5.92 Å². The SMILES string of the molecule is CC1CCN(C(=O)CN(C)C)CC1O. The van der Waals surface area contributed by atoms with Crippen molar-refractivity contribution in [2.75, 3.05) is 33.7 Å². The zero-order valence-corrected chi connectivity index (χ0v) is 9.23. The number of aliphatic hydroxyl groups excluding tert-OH is 1. The second kappa shape index (κ2) is 4.75. The van der Waals surface area contributed by atoms with E-state index in [4.69, 9.17) is 0 Å². The van der Waals surface area contributed by atoms with Crippen LogP contribution in [0.25, 0.3) is 0 Å². The summed E-state index contributed by atoms with van der Waals surface area (Å²) in [6.45, 7) is 3.73. The molecule has 0 bridgehead atoms. The predicted molar refractivity (Wildman–Crippen MR) is 54.9 cm³/mol. The molecule has 0 aromatic carbocycles. The fourth-order valence-electron chi connectivity index (χ4n) is 1.65. The van der Waals surface area contributed by atoms with E-state index in [2.05, 4.69) is 0 Å². The lowest BCUT2D eigenvalue weighted by Gasteiger charge is -2.34. The number of carbonyl (C=O) groups excluding carboxylic acids is 1. The lowest BCUT2D eigenvalue weighted by Crippen LogP contribution is -2.48. The number of nitrogens with zero attached hydrogens (tertiary/aromatic N) is 2. The van der Waals surface area contributed by atoms with Gasteiger partial charge in [-0.3, -0.25) is 4.79 Å². The molecular weight excluding hydrogens is 180 g/mol. The molecule has 14 heavy (non-hydrogen) atoms. The molecule has 0 radical (unpaired) electrons. The first-order valence-corrected chi connectivity index (χ1v) is 5.11. The summed E-state index contributed by atoms with van der Waals surface area (Å²) in [4.78, 5) is 15.2. The Morgan fingerprint density at radius 2 is 2.21 bits per heavy atom. The smallest absolute Gasteiger partial charge is 0.236 e. The number of likely N-dealkylation sites (tertiary alicyclic amines) is 1. The van der Waals surface area contributed by atoms with Crippen molar-refractivity contribution in [1.82, 2.24) is 9.80 Å². The normalized spacial score (nSPS) is 28.2. The van der Waals surface area contributed by atoms with E-state index in [1.165, 1.54) is 0 Å². The number of rotatable bonds is 2. The molecule has 1 N–H and O–H groups in total. The molecule has 2 unspecified atom stereocenters. The van der Waals surface area contributed by atoms with Gasteiger partial charge in [-0.25, -0.2) is 0 Å². The summed E-state index contributed by atoms with van der Waals surface area (Å²) in [5.74, 6) is 0.430. The van der Waals surface area contributed by atoms with Crippen LogP contribution in [0.15, 0.2) is 0 Å². The van der Waals surface area contributed by atoms with Gasteiger partial charge in [0.2, 0.25) is 5.91 Å². The molecule has 1 rings (SSSR count). The van der Waals surface area contributed by atoms with Gasteiger partial charge in [0.1, 0.15) is 0 Å². The monoisotopic (exact) mass is 200 g/mol. The maximum absolute atomic E-state index is 11.6. The number of β-amino-alcohol motifs (C(OH)–C–C–N with tert-alkyl or cyclic N) is 1. The number of likely N-dealkylation sites (N-methyl/N-ethyl adjacent to an activating group) is 1. The van der Waals surface area contributed by atoms with Crippen LogP contribution in [0.5, 0.6) is 0 Å². The molecule has 0 aromatic rings. The van der Waals surface area contributed by atoms with Crippen molar-refractivity contribution >= 4 is 5.91 Å². The van der Waals surface area contributed by atoms with Gasteiger partial charge in [0.25, 0.3) is 0 Å². The van der Waals surface area contributed by atoms with Crippen LogP contribution in [-0.2, 0) is 4.79 Å². The second-order valence-electron chi connectivity index (χ2n) is 4.41. The first-order chi connectivity index (χ1) is 6.50.